The van der Waals surface area contributed by atoms with Gasteiger partial charge in [0.25, 0.3) is 0 Å². The Morgan fingerprint density at radius 2 is 2.04 bits per heavy atom. The first-order chi connectivity index (χ1) is 13.2. The lowest BCUT2D eigenvalue weighted by Gasteiger charge is -2.29. The fraction of sp³-hybridized carbons (Fsp3) is 0.500. The van der Waals surface area contributed by atoms with Crippen LogP contribution in [0.15, 0.2) is 24.3 Å². The number of aromatic nitrogens is 1. The molecule has 4 rings (SSSR count). The number of halogens is 1. The van der Waals surface area contributed by atoms with Crippen LogP contribution in [0.4, 0.5) is 0 Å². The van der Waals surface area contributed by atoms with Crippen molar-refractivity contribution in [2.24, 2.45) is 5.92 Å². The van der Waals surface area contributed by atoms with Gasteiger partial charge >= 0.3 is 0 Å². The molecule has 2 heterocycles. The van der Waals surface area contributed by atoms with E-state index in [9.17, 15) is 4.79 Å². The monoisotopic (exact) mass is 406 g/mol. The Labute approximate surface area is 168 Å². The van der Waals surface area contributed by atoms with Crippen LogP contribution >= 0.6 is 22.9 Å². The molecule has 1 unspecified atom stereocenters. The molecule has 144 valence electrons. The van der Waals surface area contributed by atoms with E-state index < -0.39 is 0 Å². The van der Waals surface area contributed by atoms with Gasteiger partial charge in [0.2, 0.25) is 5.91 Å². The van der Waals surface area contributed by atoms with Crippen molar-refractivity contribution in [3.05, 3.63) is 34.8 Å². The zero-order chi connectivity index (χ0) is 18.6. The molecular weight excluding hydrogens is 384 g/mol. The van der Waals surface area contributed by atoms with Crippen LogP contribution in [0.25, 0.3) is 10.6 Å². The first-order valence-corrected chi connectivity index (χ1v) is 10.7. The minimum absolute atomic E-state index is 0.0450. The molecule has 0 radical (unpaired) electrons. The third kappa shape index (κ3) is 4.28. The summed E-state index contributed by atoms with van der Waals surface area (Å²) >= 11 is 7.37. The second-order valence-electron chi connectivity index (χ2n) is 6.85. The highest BCUT2D eigenvalue weighted by Gasteiger charge is 2.34. The van der Waals surface area contributed by atoms with E-state index in [0.29, 0.717) is 38.8 Å². The average Bonchev–Trinajstić information content (AvgIpc) is 3.28. The normalized spacial score (nSPS) is 19.1. The van der Waals surface area contributed by atoms with Gasteiger partial charge in [-0.25, -0.2) is 4.98 Å². The van der Waals surface area contributed by atoms with Gasteiger partial charge in [0.15, 0.2) is 0 Å². The molecule has 1 atom stereocenters. The molecule has 7 heteroatoms. The molecule has 1 aromatic heterocycles. The summed E-state index contributed by atoms with van der Waals surface area (Å²) in [6, 6.07) is 8.03. The summed E-state index contributed by atoms with van der Waals surface area (Å²) in [5, 5.41) is 1.02. The Hall–Kier alpha value is -1.63. The van der Waals surface area contributed by atoms with Crippen molar-refractivity contribution in [1.82, 2.24) is 9.88 Å². The number of ether oxygens (including phenoxy) is 2. The van der Waals surface area contributed by atoms with E-state index in [0.717, 1.165) is 41.3 Å². The molecule has 2 aliphatic rings. The first kappa shape index (κ1) is 18.7. The highest BCUT2D eigenvalue weighted by atomic mass is 35.5. The molecule has 1 aliphatic heterocycles. The lowest BCUT2D eigenvalue weighted by atomic mass is 10.1. The third-order valence-electron chi connectivity index (χ3n) is 4.97. The van der Waals surface area contributed by atoms with Gasteiger partial charge in [-0.3, -0.25) is 4.79 Å². The number of carbonyl (C=O) groups is 1. The maximum atomic E-state index is 12.7. The molecule has 1 saturated heterocycles. The second kappa shape index (κ2) is 8.59. The maximum absolute atomic E-state index is 12.7. The van der Waals surface area contributed by atoms with Crippen LogP contribution in [0.3, 0.4) is 0 Å². The minimum Gasteiger partial charge on any atom is -0.494 e. The van der Waals surface area contributed by atoms with E-state index in [-0.39, 0.29) is 11.8 Å². The Kier molecular flexibility index (Phi) is 5.95. The number of benzene rings is 1. The molecule has 1 aliphatic carbocycles. The number of rotatable bonds is 6. The van der Waals surface area contributed by atoms with Gasteiger partial charge in [-0.2, -0.15) is 0 Å². The number of alkyl halides is 1. The van der Waals surface area contributed by atoms with Gasteiger partial charge in [0.05, 0.1) is 25.5 Å². The van der Waals surface area contributed by atoms with E-state index in [2.05, 4.69) is 0 Å². The molecule has 0 saturated carbocycles. The number of hydrogen-bond donors (Lipinski definition) is 0. The molecule has 2 aromatic rings. The SMILES string of the molecule is O=C(C1Cc2nc(-c3ccc(OCCCCl)cc3)sc2C1)N1CCOCC1. The summed E-state index contributed by atoms with van der Waals surface area (Å²) in [6.45, 7) is 3.34. The number of thiazole rings is 1. The molecule has 1 amide bonds. The Bertz CT molecular complexity index is 764. The van der Waals surface area contributed by atoms with Gasteiger partial charge in [-0.05, 0) is 37.1 Å². The molecule has 5 nitrogen and oxygen atoms in total. The highest BCUT2D eigenvalue weighted by Crippen LogP contribution is 2.37. The van der Waals surface area contributed by atoms with Gasteiger partial charge in [-0.15, -0.1) is 22.9 Å². The van der Waals surface area contributed by atoms with Crippen LogP contribution in [-0.4, -0.2) is 54.6 Å². The molecular formula is C20H23ClN2O3S. The predicted octanol–water partition coefficient (Wildman–Crippen LogP) is 3.39. The van der Waals surface area contributed by atoms with E-state index in [1.807, 2.05) is 29.2 Å². The summed E-state index contributed by atoms with van der Waals surface area (Å²) in [7, 11) is 0. The van der Waals surface area contributed by atoms with Crippen LogP contribution < -0.4 is 4.74 Å². The topological polar surface area (TPSA) is 51.7 Å². The number of carbonyl (C=O) groups excluding carboxylic acids is 1. The third-order valence-corrected chi connectivity index (χ3v) is 6.41. The number of amides is 1. The summed E-state index contributed by atoms with van der Waals surface area (Å²) < 4.78 is 11.0. The van der Waals surface area contributed by atoms with Crippen LogP contribution in [0.1, 0.15) is 17.0 Å². The van der Waals surface area contributed by atoms with Crippen molar-refractivity contribution in [2.75, 3.05) is 38.8 Å². The fourth-order valence-electron chi connectivity index (χ4n) is 3.51. The van der Waals surface area contributed by atoms with E-state index in [1.165, 1.54) is 4.88 Å². The number of morpholine rings is 1. The maximum Gasteiger partial charge on any atom is 0.226 e. The summed E-state index contributed by atoms with van der Waals surface area (Å²) in [6.07, 6.45) is 2.40. The van der Waals surface area contributed by atoms with Crippen LogP contribution in [0, 0.1) is 5.92 Å². The predicted molar refractivity (Wildman–Crippen MR) is 107 cm³/mol. The van der Waals surface area contributed by atoms with Crippen molar-refractivity contribution in [3.63, 3.8) is 0 Å². The zero-order valence-electron chi connectivity index (χ0n) is 15.2. The fourth-order valence-corrected chi connectivity index (χ4v) is 4.79. The van der Waals surface area contributed by atoms with E-state index in [1.54, 1.807) is 11.3 Å². The second-order valence-corrected chi connectivity index (χ2v) is 8.31. The van der Waals surface area contributed by atoms with E-state index >= 15 is 0 Å². The standard InChI is InChI=1S/C20H23ClN2O3S/c21-6-1-9-26-16-4-2-14(3-5-16)19-22-17-12-15(13-18(17)27-19)20(24)23-7-10-25-11-8-23/h2-5,15H,1,6-13H2. The van der Waals surface area contributed by atoms with E-state index in [4.69, 9.17) is 26.1 Å². The molecule has 0 spiro atoms. The van der Waals surface area contributed by atoms with Crippen molar-refractivity contribution >= 4 is 28.8 Å². The van der Waals surface area contributed by atoms with Crippen molar-refractivity contribution in [3.8, 4) is 16.3 Å². The Morgan fingerprint density at radius 3 is 2.74 bits per heavy atom. The largest absolute Gasteiger partial charge is 0.494 e. The van der Waals surface area contributed by atoms with Gasteiger partial charge in [0.1, 0.15) is 10.8 Å². The number of hydrogen-bond acceptors (Lipinski definition) is 5. The first-order valence-electron chi connectivity index (χ1n) is 9.39. The lowest BCUT2D eigenvalue weighted by molar-refractivity contribution is -0.139. The highest BCUT2D eigenvalue weighted by molar-refractivity contribution is 7.15. The van der Waals surface area contributed by atoms with Crippen molar-refractivity contribution in [1.29, 1.82) is 0 Å². The number of fused-ring (bicyclic) bond motifs is 1. The smallest absolute Gasteiger partial charge is 0.226 e. The molecule has 1 aromatic carbocycles. The molecule has 0 N–H and O–H groups in total. The van der Waals surface area contributed by atoms with Gasteiger partial charge in [-0.1, -0.05) is 0 Å². The lowest BCUT2D eigenvalue weighted by Crippen LogP contribution is -2.44. The summed E-state index contributed by atoms with van der Waals surface area (Å²) in [5.74, 6) is 1.76. The Balaban J connectivity index is 1.38. The summed E-state index contributed by atoms with van der Waals surface area (Å²) in [4.78, 5) is 20.7. The molecule has 0 bridgehead atoms. The van der Waals surface area contributed by atoms with Crippen molar-refractivity contribution < 1.29 is 14.3 Å². The van der Waals surface area contributed by atoms with Crippen LogP contribution in [0.5, 0.6) is 5.75 Å². The zero-order valence-corrected chi connectivity index (χ0v) is 16.7. The number of nitrogens with zero attached hydrogens (tertiary/aromatic N) is 2. The van der Waals surface area contributed by atoms with Crippen molar-refractivity contribution in [2.45, 2.75) is 19.3 Å². The summed E-state index contributed by atoms with van der Waals surface area (Å²) in [5.41, 5.74) is 2.18. The quantitative estimate of drug-likeness (QED) is 0.545. The molecule has 27 heavy (non-hydrogen) atoms. The van der Waals surface area contributed by atoms with Crippen LogP contribution in [-0.2, 0) is 22.4 Å². The minimum atomic E-state index is 0.0450. The Morgan fingerprint density at radius 1 is 1.26 bits per heavy atom. The van der Waals surface area contributed by atoms with Gasteiger partial charge in [0, 0.05) is 41.7 Å². The molecule has 1 fully saturated rings. The van der Waals surface area contributed by atoms with Gasteiger partial charge < -0.3 is 14.4 Å². The average molecular weight is 407 g/mol. The van der Waals surface area contributed by atoms with Crippen LogP contribution in [0.2, 0.25) is 0 Å².